The zero-order valence-corrected chi connectivity index (χ0v) is 18.3. The largest absolute Gasteiger partial charge is 0.334 e. The molecule has 1 aromatic heterocycles. The summed E-state index contributed by atoms with van der Waals surface area (Å²) < 4.78 is 33.9. The molecule has 4 rings (SSSR count). The first-order valence-electron chi connectivity index (χ1n) is 10.2. The standard InChI is InChI=1S/C22H24N4O4S/c1-3-16-7-6-8-18(13-16)25-31(28,29)19-14-17(10-9-15(19)2)20-23-21(30-24-20)22(27)26-11-4-5-12-26/h6-10,13-14,25H,3-5,11-12H2,1-2H3. The SMILES string of the molecule is CCc1cccc(NS(=O)(=O)c2cc(-c3noc(C(=O)N4CCCC4)n3)ccc2C)c1. The number of hydrogen-bond acceptors (Lipinski definition) is 6. The molecule has 1 saturated heterocycles. The van der Waals surface area contributed by atoms with Gasteiger partial charge in [0.1, 0.15) is 0 Å². The first-order chi connectivity index (χ1) is 14.9. The third-order valence-corrected chi connectivity index (χ3v) is 6.85. The fraction of sp³-hybridized carbons (Fsp3) is 0.318. The van der Waals surface area contributed by atoms with E-state index in [-0.39, 0.29) is 22.5 Å². The Kier molecular flexibility index (Phi) is 5.77. The Bertz CT molecular complexity index is 1210. The molecule has 0 saturated carbocycles. The fourth-order valence-corrected chi connectivity index (χ4v) is 4.90. The minimum absolute atomic E-state index is 0.0867. The van der Waals surface area contributed by atoms with Crippen LogP contribution in [0.5, 0.6) is 0 Å². The lowest BCUT2D eigenvalue weighted by Crippen LogP contribution is -2.27. The van der Waals surface area contributed by atoms with Crippen LogP contribution in [0.2, 0.25) is 0 Å². The molecule has 31 heavy (non-hydrogen) atoms. The van der Waals surface area contributed by atoms with Gasteiger partial charge < -0.3 is 9.42 Å². The molecule has 1 amide bonds. The topological polar surface area (TPSA) is 105 Å². The first kappa shape index (κ1) is 21.0. The quantitative estimate of drug-likeness (QED) is 0.627. The second-order valence-electron chi connectivity index (χ2n) is 7.56. The van der Waals surface area contributed by atoms with Crippen molar-refractivity contribution in [2.75, 3.05) is 17.8 Å². The summed E-state index contributed by atoms with van der Waals surface area (Å²) in [6.45, 7) is 5.08. The third kappa shape index (κ3) is 4.46. The van der Waals surface area contributed by atoms with E-state index in [4.69, 9.17) is 4.52 Å². The summed E-state index contributed by atoms with van der Waals surface area (Å²) in [5, 5.41) is 3.89. The van der Waals surface area contributed by atoms with Gasteiger partial charge in [0, 0.05) is 24.3 Å². The average Bonchev–Trinajstić information content (AvgIpc) is 3.46. The number of sulfonamides is 1. The lowest BCUT2D eigenvalue weighted by molar-refractivity contribution is 0.0743. The molecule has 162 valence electrons. The summed E-state index contributed by atoms with van der Waals surface area (Å²) in [5.41, 5.74) is 2.58. The molecule has 1 aliphatic rings. The Labute approximate surface area is 181 Å². The molecule has 3 aromatic rings. The molecule has 0 spiro atoms. The van der Waals surface area contributed by atoms with E-state index < -0.39 is 10.0 Å². The van der Waals surface area contributed by atoms with Gasteiger partial charge in [-0.2, -0.15) is 4.98 Å². The fourth-order valence-electron chi connectivity index (χ4n) is 3.58. The van der Waals surface area contributed by atoms with E-state index >= 15 is 0 Å². The van der Waals surface area contributed by atoms with Crippen molar-refractivity contribution in [3.05, 3.63) is 59.5 Å². The summed E-state index contributed by atoms with van der Waals surface area (Å²) in [5.74, 6) is -0.211. The Morgan fingerprint density at radius 2 is 1.94 bits per heavy atom. The van der Waals surface area contributed by atoms with Crippen molar-refractivity contribution in [2.24, 2.45) is 0 Å². The number of carbonyl (C=O) groups excluding carboxylic acids is 1. The van der Waals surface area contributed by atoms with Crippen molar-refractivity contribution in [1.29, 1.82) is 0 Å². The zero-order valence-electron chi connectivity index (χ0n) is 17.5. The van der Waals surface area contributed by atoms with Crippen molar-refractivity contribution < 1.29 is 17.7 Å². The maximum atomic E-state index is 13.1. The van der Waals surface area contributed by atoms with Crippen molar-refractivity contribution in [3.8, 4) is 11.4 Å². The molecule has 1 fully saturated rings. The van der Waals surface area contributed by atoms with Crippen molar-refractivity contribution in [2.45, 2.75) is 38.0 Å². The van der Waals surface area contributed by atoms with E-state index in [0.29, 0.717) is 29.9 Å². The number of aryl methyl sites for hydroxylation is 2. The predicted octanol–water partition coefficient (Wildman–Crippen LogP) is 3.64. The van der Waals surface area contributed by atoms with Crippen LogP contribution in [0.1, 0.15) is 41.6 Å². The number of anilines is 1. The van der Waals surface area contributed by atoms with Gasteiger partial charge in [-0.3, -0.25) is 9.52 Å². The number of likely N-dealkylation sites (tertiary alicyclic amines) is 1. The number of amides is 1. The molecule has 2 heterocycles. The minimum atomic E-state index is -3.83. The Hall–Kier alpha value is -3.20. The lowest BCUT2D eigenvalue weighted by Gasteiger charge is -2.12. The molecular formula is C22H24N4O4S. The highest BCUT2D eigenvalue weighted by Crippen LogP contribution is 2.26. The molecule has 0 radical (unpaired) electrons. The molecule has 0 atom stereocenters. The molecule has 0 unspecified atom stereocenters. The van der Waals surface area contributed by atoms with E-state index in [9.17, 15) is 13.2 Å². The van der Waals surface area contributed by atoms with Gasteiger partial charge in [0.25, 0.3) is 10.0 Å². The molecule has 8 nitrogen and oxygen atoms in total. The van der Waals surface area contributed by atoms with Crippen LogP contribution in [0.25, 0.3) is 11.4 Å². The maximum absolute atomic E-state index is 13.1. The zero-order chi connectivity index (χ0) is 22.0. The van der Waals surface area contributed by atoms with Crippen LogP contribution in [0, 0.1) is 6.92 Å². The lowest BCUT2D eigenvalue weighted by atomic mass is 10.1. The number of rotatable bonds is 6. The number of benzene rings is 2. The number of carbonyl (C=O) groups is 1. The third-order valence-electron chi connectivity index (χ3n) is 5.33. The van der Waals surface area contributed by atoms with Crippen molar-refractivity contribution in [3.63, 3.8) is 0 Å². The number of nitrogens with zero attached hydrogens (tertiary/aromatic N) is 3. The molecule has 1 aliphatic heterocycles. The maximum Gasteiger partial charge on any atom is 0.316 e. The van der Waals surface area contributed by atoms with Crippen molar-refractivity contribution >= 4 is 21.6 Å². The van der Waals surface area contributed by atoms with Gasteiger partial charge in [-0.05, 0) is 55.5 Å². The highest BCUT2D eigenvalue weighted by Gasteiger charge is 2.26. The van der Waals surface area contributed by atoms with Crippen LogP contribution in [0.4, 0.5) is 5.69 Å². The highest BCUT2D eigenvalue weighted by molar-refractivity contribution is 7.92. The number of nitrogens with one attached hydrogen (secondary N) is 1. The summed E-state index contributed by atoms with van der Waals surface area (Å²) >= 11 is 0. The summed E-state index contributed by atoms with van der Waals surface area (Å²) in [4.78, 5) is 18.4. The first-order valence-corrected chi connectivity index (χ1v) is 11.7. The molecule has 9 heteroatoms. The molecular weight excluding hydrogens is 416 g/mol. The van der Waals surface area contributed by atoms with Gasteiger partial charge in [0.05, 0.1) is 4.90 Å². The average molecular weight is 441 g/mol. The number of hydrogen-bond donors (Lipinski definition) is 1. The number of aromatic nitrogens is 2. The Balaban J connectivity index is 1.62. The van der Waals surface area contributed by atoms with Crippen LogP contribution in [0.15, 0.2) is 51.9 Å². The van der Waals surface area contributed by atoms with E-state index in [1.807, 2.05) is 25.1 Å². The van der Waals surface area contributed by atoms with Gasteiger partial charge in [-0.25, -0.2) is 8.42 Å². The second-order valence-corrected chi connectivity index (χ2v) is 9.21. The van der Waals surface area contributed by atoms with E-state index in [1.165, 1.54) is 6.07 Å². The van der Waals surface area contributed by atoms with E-state index in [1.54, 1.807) is 30.0 Å². The van der Waals surface area contributed by atoms with Gasteiger partial charge >= 0.3 is 11.8 Å². The molecule has 0 aliphatic carbocycles. The normalized spacial score (nSPS) is 14.1. The van der Waals surface area contributed by atoms with E-state index in [0.717, 1.165) is 24.8 Å². The second kappa shape index (κ2) is 8.50. The molecule has 2 aromatic carbocycles. The Morgan fingerprint density at radius 1 is 1.16 bits per heavy atom. The van der Waals surface area contributed by atoms with Crippen LogP contribution < -0.4 is 4.72 Å². The predicted molar refractivity (Wildman–Crippen MR) is 116 cm³/mol. The summed E-state index contributed by atoms with van der Waals surface area (Å²) in [7, 11) is -3.83. The van der Waals surface area contributed by atoms with Crippen LogP contribution in [-0.2, 0) is 16.4 Å². The molecule has 1 N–H and O–H groups in total. The highest BCUT2D eigenvalue weighted by atomic mass is 32.2. The Morgan fingerprint density at radius 3 is 2.68 bits per heavy atom. The minimum Gasteiger partial charge on any atom is -0.334 e. The van der Waals surface area contributed by atoms with Gasteiger partial charge in [0.2, 0.25) is 5.82 Å². The van der Waals surface area contributed by atoms with Gasteiger partial charge in [-0.1, -0.05) is 36.3 Å². The summed E-state index contributed by atoms with van der Waals surface area (Å²) in [6, 6.07) is 12.2. The monoisotopic (exact) mass is 440 g/mol. The van der Waals surface area contributed by atoms with Crippen LogP contribution in [0.3, 0.4) is 0 Å². The van der Waals surface area contributed by atoms with Gasteiger partial charge in [0.15, 0.2) is 0 Å². The van der Waals surface area contributed by atoms with E-state index in [2.05, 4.69) is 14.9 Å². The van der Waals surface area contributed by atoms with Crippen LogP contribution in [-0.4, -0.2) is 42.5 Å². The van der Waals surface area contributed by atoms with Gasteiger partial charge in [-0.15, -0.1) is 0 Å². The smallest absolute Gasteiger partial charge is 0.316 e. The molecule has 0 bridgehead atoms. The van der Waals surface area contributed by atoms with Crippen LogP contribution >= 0.6 is 0 Å². The summed E-state index contributed by atoms with van der Waals surface area (Å²) in [6.07, 6.45) is 2.72. The van der Waals surface area contributed by atoms with Crippen molar-refractivity contribution in [1.82, 2.24) is 15.0 Å².